The van der Waals surface area contributed by atoms with E-state index in [1.54, 1.807) is 5.38 Å². The molecule has 0 saturated heterocycles. The maximum absolute atomic E-state index is 13.2. The van der Waals surface area contributed by atoms with Crippen LogP contribution in [0.25, 0.3) is 0 Å². The van der Waals surface area contributed by atoms with E-state index in [1.807, 2.05) is 0 Å². The SMILES string of the molecule is COCc1nc(CNS(=O)(=O)c2ccc(C(F)(F)F)nc2NCc2nn(C)cc2S(C)(=O)=O)cs1. The van der Waals surface area contributed by atoms with Crippen molar-refractivity contribution >= 4 is 37.0 Å². The average molecular weight is 555 g/mol. The summed E-state index contributed by atoms with van der Waals surface area (Å²) in [6, 6.07) is 1.32. The number of aryl methyl sites for hydroxylation is 1. The third-order valence-corrected chi connectivity index (χ3v) is 7.88. The van der Waals surface area contributed by atoms with E-state index in [4.69, 9.17) is 4.74 Å². The number of aromatic nitrogens is 4. The lowest BCUT2D eigenvalue weighted by Crippen LogP contribution is -2.25. The van der Waals surface area contributed by atoms with Crippen molar-refractivity contribution in [2.75, 3.05) is 18.7 Å². The first kappa shape index (κ1) is 27.0. The van der Waals surface area contributed by atoms with Gasteiger partial charge < -0.3 is 10.1 Å². The maximum atomic E-state index is 13.2. The number of anilines is 1. The van der Waals surface area contributed by atoms with Crippen LogP contribution in [0.15, 0.2) is 33.5 Å². The molecule has 0 spiro atoms. The molecule has 0 fully saturated rings. The molecule has 3 aromatic heterocycles. The van der Waals surface area contributed by atoms with Crippen molar-refractivity contribution in [2.45, 2.75) is 35.7 Å². The van der Waals surface area contributed by atoms with E-state index in [2.05, 4.69) is 25.1 Å². The molecule has 0 aromatic carbocycles. The van der Waals surface area contributed by atoms with Crippen LogP contribution >= 0.6 is 11.3 Å². The minimum Gasteiger partial charge on any atom is -0.378 e. The van der Waals surface area contributed by atoms with Gasteiger partial charge in [0.15, 0.2) is 9.84 Å². The van der Waals surface area contributed by atoms with Crippen LogP contribution in [0.2, 0.25) is 0 Å². The van der Waals surface area contributed by atoms with Gasteiger partial charge in [0.25, 0.3) is 0 Å². The predicted molar refractivity (Wildman–Crippen MR) is 120 cm³/mol. The van der Waals surface area contributed by atoms with Gasteiger partial charge in [0.1, 0.15) is 32.0 Å². The minimum atomic E-state index is -4.84. The van der Waals surface area contributed by atoms with E-state index >= 15 is 0 Å². The lowest BCUT2D eigenvalue weighted by atomic mass is 10.3. The highest BCUT2D eigenvalue weighted by atomic mass is 32.2. The number of nitrogens with zero attached hydrogens (tertiary/aromatic N) is 4. The molecule has 192 valence electrons. The van der Waals surface area contributed by atoms with Gasteiger partial charge in [-0.05, 0) is 12.1 Å². The first-order valence-corrected chi connectivity index (χ1v) is 13.9. The lowest BCUT2D eigenvalue weighted by molar-refractivity contribution is -0.141. The number of ether oxygens (including phenoxy) is 1. The fourth-order valence-electron chi connectivity index (χ4n) is 2.93. The van der Waals surface area contributed by atoms with E-state index < -0.39 is 49.0 Å². The number of pyridine rings is 1. The first-order valence-electron chi connectivity index (χ1n) is 9.67. The third kappa shape index (κ3) is 6.75. The second kappa shape index (κ2) is 10.2. The van der Waals surface area contributed by atoms with E-state index in [9.17, 15) is 30.0 Å². The molecule has 35 heavy (non-hydrogen) atoms. The van der Waals surface area contributed by atoms with Crippen molar-refractivity contribution in [1.29, 1.82) is 0 Å². The van der Waals surface area contributed by atoms with Crippen LogP contribution in [-0.4, -0.2) is 49.9 Å². The summed E-state index contributed by atoms with van der Waals surface area (Å²) in [6.07, 6.45) is -2.66. The molecule has 0 atom stereocenters. The number of nitrogens with one attached hydrogen (secondary N) is 2. The minimum absolute atomic E-state index is 0.0151. The van der Waals surface area contributed by atoms with E-state index in [0.717, 1.165) is 12.3 Å². The molecule has 2 N–H and O–H groups in total. The predicted octanol–water partition coefficient (Wildman–Crippen LogP) is 1.93. The molecule has 0 amide bonds. The highest BCUT2D eigenvalue weighted by molar-refractivity contribution is 7.90. The Labute approximate surface area is 203 Å². The number of rotatable bonds is 10. The number of hydrogen-bond donors (Lipinski definition) is 2. The molecule has 3 aromatic rings. The van der Waals surface area contributed by atoms with E-state index in [0.29, 0.717) is 16.8 Å². The average Bonchev–Trinajstić information content (AvgIpc) is 3.36. The Hall–Kier alpha value is -2.60. The number of hydrogen-bond acceptors (Lipinski definition) is 10. The van der Waals surface area contributed by atoms with Gasteiger partial charge in [-0.1, -0.05) is 0 Å². The molecule has 0 aliphatic rings. The Morgan fingerprint density at radius 3 is 2.46 bits per heavy atom. The summed E-state index contributed by atoms with van der Waals surface area (Å²) in [5.41, 5.74) is -0.947. The number of alkyl halides is 3. The number of methoxy groups -OCH3 is 1. The van der Waals surface area contributed by atoms with Crippen LogP contribution in [0.5, 0.6) is 0 Å². The zero-order valence-corrected chi connectivity index (χ0v) is 21.1. The smallest absolute Gasteiger partial charge is 0.378 e. The largest absolute Gasteiger partial charge is 0.433 e. The lowest BCUT2D eigenvalue weighted by Gasteiger charge is -2.14. The molecular formula is C18H21F3N6O5S3. The Bertz CT molecular complexity index is 1420. The Morgan fingerprint density at radius 2 is 1.83 bits per heavy atom. The fourth-order valence-corrected chi connectivity index (χ4v) is 5.69. The van der Waals surface area contributed by atoms with Crippen molar-refractivity contribution in [1.82, 2.24) is 24.5 Å². The van der Waals surface area contributed by atoms with Crippen LogP contribution in [0.1, 0.15) is 22.1 Å². The quantitative estimate of drug-likeness (QED) is 0.384. The highest BCUT2D eigenvalue weighted by Gasteiger charge is 2.34. The molecule has 0 aliphatic carbocycles. The zero-order chi connectivity index (χ0) is 26.0. The highest BCUT2D eigenvalue weighted by Crippen LogP contribution is 2.31. The number of halogens is 3. The van der Waals surface area contributed by atoms with Crippen molar-refractivity contribution in [2.24, 2.45) is 7.05 Å². The van der Waals surface area contributed by atoms with Gasteiger partial charge >= 0.3 is 6.18 Å². The molecule has 3 heterocycles. The van der Waals surface area contributed by atoms with Gasteiger partial charge in [0.05, 0.1) is 25.4 Å². The summed E-state index contributed by atoms with van der Waals surface area (Å²) in [7, 11) is -5.09. The van der Waals surface area contributed by atoms with Crippen LogP contribution in [0.3, 0.4) is 0 Å². The normalized spacial score (nSPS) is 12.7. The summed E-state index contributed by atoms with van der Waals surface area (Å²) >= 11 is 1.26. The van der Waals surface area contributed by atoms with Crippen molar-refractivity contribution in [3.05, 3.63) is 45.8 Å². The van der Waals surface area contributed by atoms with E-state index in [-0.39, 0.29) is 23.7 Å². The summed E-state index contributed by atoms with van der Waals surface area (Å²) in [5, 5.41) is 8.73. The van der Waals surface area contributed by atoms with Gasteiger partial charge in [-0.2, -0.15) is 18.3 Å². The summed E-state index contributed by atoms with van der Waals surface area (Å²) in [6.45, 7) is -0.370. The van der Waals surface area contributed by atoms with E-state index in [1.165, 1.54) is 36.4 Å². The maximum Gasteiger partial charge on any atom is 0.433 e. The second-order valence-electron chi connectivity index (χ2n) is 7.27. The van der Waals surface area contributed by atoms with Crippen molar-refractivity contribution in [3.8, 4) is 0 Å². The van der Waals surface area contributed by atoms with Crippen LogP contribution < -0.4 is 10.0 Å². The van der Waals surface area contributed by atoms with Crippen molar-refractivity contribution < 1.29 is 34.7 Å². The van der Waals surface area contributed by atoms with Crippen LogP contribution in [-0.2, 0) is 57.5 Å². The van der Waals surface area contributed by atoms with Gasteiger partial charge in [-0.3, -0.25) is 4.68 Å². The Kier molecular flexibility index (Phi) is 7.85. The zero-order valence-electron chi connectivity index (χ0n) is 18.6. The second-order valence-corrected chi connectivity index (χ2v) is 11.9. The number of thiazole rings is 1. The Morgan fingerprint density at radius 1 is 1.11 bits per heavy atom. The van der Waals surface area contributed by atoms with Gasteiger partial charge in [0, 0.05) is 32.0 Å². The summed E-state index contributed by atoms with van der Waals surface area (Å²) in [5.74, 6) is -0.615. The molecule has 0 radical (unpaired) electrons. The molecule has 17 heteroatoms. The number of sulfone groups is 1. The third-order valence-electron chi connectivity index (χ3n) is 4.44. The monoisotopic (exact) mass is 554 g/mol. The van der Waals surface area contributed by atoms with Crippen LogP contribution in [0.4, 0.5) is 19.0 Å². The summed E-state index contributed by atoms with van der Waals surface area (Å²) < 4.78 is 98.0. The number of sulfonamides is 1. The molecule has 11 nitrogen and oxygen atoms in total. The molecule has 0 saturated carbocycles. The molecular weight excluding hydrogens is 533 g/mol. The van der Waals surface area contributed by atoms with Crippen molar-refractivity contribution in [3.63, 3.8) is 0 Å². The standard InChI is InChI=1S/C18H21F3N6O5S3/c1-27-8-14(34(3,28)29)12(26-27)7-22-17-13(4-5-15(25-17)18(19,20)21)35(30,31)23-6-11-10-33-16(24-11)9-32-2/h4-5,8,10,23H,6-7,9H2,1-3H3,(H,22,25). The Balaban J connectivity index is 1.91. The molecule has 0 bridgehead atoms. The van der Waals surface area contributed by atoms with Crippen LogP contribution in [0, 0.1) is 0 Å². The topological polar surface area (TPSA) is 145 Å². The molecule has 0 unspecified atom stereocenters. The molecule has 0 aliphatic heterocycles. The summed E-state index contributed by atoms with van der Waals surface area (Å²) in [4.78, 5) is 6.92. The molecule has 3 rings (SSSR count). The van der Waals surface area contributed by atoms with Gasteiger partial charge in [-0.25, -0.2) is 31.5 Å². The first-order chi connectivity index (χ1) is 16.2. The fraction of sp³-hybridized carbons (Fsp3) is 0.389. The van der Waals surface area contributed by atoms with Gasteiger partial charge in [0.2, 0.25) is 10.0 Å². The van der Waals surface area contributed by atoms with Gasteiger partial charge in [-0.15, -0.1) is 11.3 Å².